The third-order valence-electron chi connectivity index (χ3n) is 3.35. The normalized spacial score (nSPS) is 11.8. The van der Waals surface area contributed by atoms with Crippen LogP contribution in [0.4, 0.5) is 18.9 Å². The van der Waals surface area contributed by atoms with Crippen LogP contribution in [0.15, 0.2) is 53.5 Å². The number of rotatable bonds is 6. The van der Waals surface area contributed by atoms with Gasteiger partial charge in [0.25, 0.3) is 5.91 Å². The van der Waals surface area contributed by atoms with Gasteiger partial charge in [0, 0.05) is 17.8 Å². The fourth-order valence-electron chi connectivity index (χ4n) is 2.13. The Hall–Kier alpha value is -3.23. The van der Waals surface area contributed by atoms with Crippen LogP contribution in [0.5, 0.6) is 5.75 Å². The van der Waals surface area contributed by atoms with Crippen molar-refractivity contribution in [2.75, 3.05) is 11.9 Å². The summed E-state index contributed by atoms with van der Waals surface area (Å²) in [5.74, 6) is -0.366. The van der Waals surface area contributed by atoms with Crippen molar-refractivity contribution in [2.24, 2.45) is 10.7 Å². The van der Waals surface area contributed by atoms with Gasteiger partial charge >= 0.3 is 6.36 Å². The van der Waals surface area contributed by atoms with Crippen LogP contribution in [0.25, 0.3) is 0 Å². The fourth-order valence-corrected chi connectivity index (χ4v) is 2.13. The van der Waals surface area contributed by atoms with Crippen LogP contribution in [-0.4, -0.2) is 24.8 Å². The number of ether oxygens (including phenoxy) is 1. The molecule has 1 amide bonds. The maximum Gasteiger partial charge on any atom is 0.573 e. The maximum absolute atomic E-state index is 12.1. The zero-order valence-corrected chi connectivity index (χ0v) is 14.5. The standard InChI is InChI=1S/C18H19F3N4O2/c1-2-23-16(26)13-5-3-12(4-6-13)11-24-17(22)25-14-7-9-15(10-8-14)27-18(19,20)21/h3-10H,2,11H2,1H3,(H,23,26)(H3,22,24,25). The average Bonchev–Trinajstić information content (AvgIpc) is 2.61. The largest absolute Gasteiger partial charge is 0.573 e. The summed E-state index contributed by atoms with van der Waals surface area (Å²) < 4.78 is 40.2. The van der Waals surface area contributed by atoms with Crippen molar-refractivity contribution < 1.29 is 22.7 Å². The molecule has 0 aliphatic rings. The SMILES string of the molecule is CCNC(=O)c1ccc(CN=C(N)Nc2ccc(OC(F)(F)F)cc2)cc1. The lowest BCUT2D eigenvalue weighted by Crippen LogP contribution is -2.23. The number of nitrogens with one attached hydrogen (secondary N) is 2. The maximum atomic E-state index is 12.1. The van der Waals surface area contributed by atoms with E-state index in [2.05, 4.69) is 20.4 Å². The number of anilines is 1. The van der Waals surface area contributed by atoms with Crippen molar-refractivity contribution in [3.05, 3.63) is 59.7 Å². The van der Waals surface area contributed by atoms with Gasteiger partial charge in [-0.25, -0.2) is 4.99 Å². The van der Waals surface area contributed by atoms with Gasteiger partial charge in [0.05, 0.1) is 6.54 Å². The highest BCUT2D eigenvalue weighted by Crippen LogP contribution is 2.23. The molecular weight excluding hydrogens is 361 g/mol. The number of halogens is 3. The molecule has 4 N–H and O–H groups in total. The van der Waals surface area contributed by atoms with Crippen molar-refractivity contribution in [3.8, 4) is 5.75 Å². The van der Waals surface area contributed by atoms with E-state index in [1.54, 1.807) is 24.3 Å². The minimum absolute atomic E-state index is 0.104. The van der Waals surface area contributed by atoms with Gasteiger partial charge in [0.2, 0.25) is 0 Å². The van der Waals surface area contributed by atoms with E-state index in [4.69, 9.17) is 5.73 Å². The van der Waals surface area contributed by atoms with E-state index in [0.29, 0.717) is 17.8 Å². The minimum atomic E-state index is -4.73. The molecule has 0 unspecified atom stereocenters. The number of benzene rings is 2. The molecule has 0 aliphatic carbocycles. The predicted molar refractivity (Wildman–Crippen MR) is 96.5 cm³/mol. The number of aliphatic imine (C=N–C) groups is 1. The third-order valence-corrected chi connectivity index (χ3v) is 3.35. The zero-order valence-electron chi connectivity index (χ0n) is 14.5. The van der Waals surface area contributed by atoms with Crippen molar-refractivity contribution in [1.29, 1.82) is 0 Å². The van der Waals surface area contributed by atoms with E-state index >= 15 is 0 Å². The molecule has 0 spiro atoms. The lowest BCUT2D eigenvalue weighted by atomic mass is 10.1. The van der Waals surface area contributed by atoms with Gasteiger partial charge in [-0.1, -0.05) is 12.1 Å². The van der Waals surface area contributed by atoms with E-state index in [0.717, 1.165) is 5.56 Å². The summed E-state index contributed by atoms with van der Waals surface area (Å²) in [7, 11) is 0. The van der Waals surface area contributed by atoms with Crippen molar-refractivity contribution >= 4 is 17.6 Å². The molecule has 0 radical (unpaired) electrons. The molecular formula is C18H19F3N4O2. The second-order valence-electron chi connectivity index (χ2n) is 5.46. The smallest absolute Gasteiger partial charge is 0.406 e. The summed E-state index contributed by atoms with van der Waals surface area (Å²) in [5, 5.41) is 5.48. The minimum Gasteiger partial charge on any atom is -0.406 e. The highest BCUT2D eigenvalue weighted by Gasteiger charge is 2.30. The quantitative estimate of drug-likeness (QED) is 0.530. The number of hydrogen-bond acceptors (Lipinski definition) is 3. The first-order chi connectivity index (χ1) is 12.8. The molecule has 144 valence electrons. The first-order valence-corrected chi connectivity index (χ1v) is 8.06. The van der Waals surface area contributed by atoms with Gasteiger partial charge in [-0.15, -0.1) is 13.2 Å². The summed E-state index contributed by atoms with van der Waals surface area (Å²) in [6, 6.07) is 12.1. The van der Waals surface area contributed by atoms with Gasteiger partial charge in [0.1, 0.15) is 5.75 Å². The van der Waals surface area contributed by atoms with Gasteiger partial charge in [-0.2, -0.15) is 0 Å². The second-order valence-corrected chi connectivity index (χ2v) is 5.46. The number of alkyl halides is 3. The lowest BCUT2D eigenvalue weighted by molar-refractivity contribution is -0.274. The topological polar surface area (TPSA) is 88.7 Å². The molecule has 0 heterocycles. The first-order valence-electron chi connectivity index (χ1n) is 8.06. The Labute approximate surface area is 154 Å². The molecule has 0 aliphatic heterocycles. The van der Waals surface area contributed by atoms with Crippen LogP contribution < -0.4 is 21.1 Å². The molecule has 0 saturated heterocycles. The molecule has 0 atom stereocenters. The number of amides is 1. The highest BCUT2D eigenvalue weighted by molar-refractivity contribution is 5.94. The summed E-state index contributed by atoms with van der Waals surface area (Å²) in [6.45, 7) is 2.67. The number of hydrogen-bond donors (Lipinski definition) is 3. The van der Waals surface area contributed by atoms with E-state index < -0.39 is 6.36 Å². The fraction of sp³-hybridized carbons (Fsp3) is 0.222. The molecule has 0 saturated carbocycles. The van der Waals surface area contributed by atoms with Crippen LogP contribution in [0, 0.1) is 0 Å². The molecule has 2 rings (SSSR count). The van der Waals surface area contributed by atoms with E-state index in [9.17, 15) is 18.0 Å². The van der Waals surface area contributed by atoms with Gasteiger partial charge in [0.15, 0.2) is 5.96 Å². The molecule has 2 aromatic rings. The van der Waals surface area contributed by atoms with Gasteiger partial charge in [-0.05, 0) is 48.9 Å². The number of carbonyl (C=O) groups is 1. The first kappa shape index (κ1) is 20.1. The number of carbonyl (C=O) groups excluding carboxylic acids is 1. The Morgan fingerprint density at radius 2 is 1.74 bits per heavy atom. The van der Waals surface area contributed by atoms with E-state index in [1.807, 2.05) is 6.92 Å². The van der Waals surface area contributed by atoms with Crippen LogP contribution in [0.2, 0.25) is 0 Å². The molecule has 2 aromatic carbocycles. The summed E-state index contributed by atoms with van der Waals surface area (Å²) in [4.78, 5) is 15.8. The monoisotopic (exact) mass is 380 g/mol. The molecule has 0 bridgehead atoms. The van der Waals surface area contributed by atoms with Gasteiger partial charge < -0.3 is 21.1 Å². The van der Waals surface area contributed by atoms with Crippen molar-refractivity contribution in [3.63, 3.8) is 0 Å². The second kappa shape index (κ2) is 8.93. The molecule has 6 nitrogen and oxygen atoms in total. The lowest BCUT2D eigenvalue weighted by Gasteiger charge is -2.10. The number of nitrogens with zero attached hydrogens (tertiary/aromatic N) is 1. The van der Waals surface area contributed by atoms with E-state index in [1.165, 1.54) is 24.3 Å². The highest BCUT2D eigenvalue weighted by atomic mass is 19.4. The van der Waals surface area contributed by atoms with Crippen LogP contribution in [-0.2, 0) is 6.54 Å². The molecule has 0 aromatic heterocycles. The molecule has 0 fully saturated rings. The summed E-state index contributed by atoms with van der Waals surface area (Å²) >= 11 is 0. The van der Waals surface area contributed by atoms with Crippen LogP contribution in [0.3, 0.4) is 0 Å². The Kier molecular flexibility index (Phi) is 6.64. The number of nitrogens with two attached hydrogens (primary N) is 1. The van der Waals surface area contributed by atoms with Crippen molar-refractivity contribution in [1.82, 2.24) is 5.32 Å². The Balaban J connectivity index is 1.91. The number of guanidine groups is 1. The Bertz CT molecular complexity index is 788. The van der Waals surface area contributed by atoms with Crippen molar-refractivity contribution in [2.45, 2.75) is 19.8 Å². The zero-order chi connectivity index (χ0) is 19.9. The van der Waals surface area contributed by atoms with E-state index in [-0.39, 0.29) is 24.2 Å². The van der Waals surface area contributed by atoms with Crippen LogP contribution in [0.1, 0.15) is 22.8 Å². The summed E-state index contributed by atoms with van der Waals surface area (Å²) in [6.07, 6.45) is -4.73. The molecule has 27 heavy (non-hydrogen) atoms. The Morgan fingerprint density at radius 1 is 1.11 bits per heavy atom. The van der Waals surface area contributed by atoms with Crippen LogP contribution >= 0.6 is 0 Å². The Morgan fingerprint density at radius 3 is 2.30 bits per heavy atom. The molecule has 9 heteroatoms. The average molecular weight is 380 g/mol. The summed E-state index contributed by atoms with van der Waals surface area (Å²) in [5.41, 5.74) is 7.65. The third kappa shape index (κ3) is 6.89. The predicted octanol–water partition coefficient (Wildman–Crippen LogP) is 3.26. The van der Waals surface area contributed by atoms with Gasteiger partial charge in [-0.3, -0.25) is 4.79 Å².